The number of carbonyl (C=O) groups is 1. The fourth-order valence-corrected chi connectivity index (χ4v) is 0. The zero-order chi connectivity index (χ0) is 3.58. The number of hydrogen-bond donors (Lipinski definition) is 0. The summed E-state index contributed by atoms with van der Waals surface area (Å²) < 4.78 is 0. The Morgan fingerprint density at radius 2 is 1.00 bits per heavy atom. The van der Waals surface area contributed by atoms with Gasteiger partial charge in [-0.05, 0) is 6.16 Å². The van der Waals surface area contributed by atoms with Gasteiger partial charge in [0.15, 0.2) is 0 Å². The third-order valence-electron chi connectivity index (χ3n) is 0. The molecule has 0 aromatic heterocycles. The number of carboxylic acid groups (broad SMARTS) is 2. The second-order valence-corrected chi connectivity index (χ2v) is 0.250. The Morgan fingerprint density at radius 1 is 1.00 bits per heavy atom. The Bertz CT molecular complexity index is 34.0. The molecule has 8 heteroatoms. The fourth-order valence-electron chi connectivity index (χ4n) is 0. The fraction of sp³-hybridized carbons (Fsp3) is 0. The van der Waals surface area contributed by atoms with Gasteiger partial charge in [0, 0.05) is 0 Å². The molecule has 0 spiro atoms. The van der Waals surface area contributed by atoms with Gasteiger partial charge >= 0.3 is 46.1 Å². The Labute approximate surface area is 83.5 Å². The summed E-state index contributed by atoms with van der Waals surface area (Å²) in [5, 5.41) is 16.7. The van der Waals surface area contributed by atoms with Gasteiger partial charge < -0.3 is 31.4 Å². The minimum Gasteiger partial charge on any atom is -0.652 e. The van der Waals surface area contributed by atoms with Gasteiger partial charge in [-0.3, -0.25) is 0 Å². The summed E-state index contributed by atoms with van der Waals surface area (Å²) in [5.74, 6) is 0. The van der Waals surface area contributed by atoms with E-state index in [1.54, 1.807) is 0 Å². The van der Waals surface area contributed by atoms with Gasteiger partial charge in [0.05, 0.1) is 0 Å². The number of rotatable bonds is 0. The summed E-state index contributed by atoms with van der Waals surface area (Å²) in [5.41, 5.74) is 0. The maximum atomic E-state index is 8.33. The predicted molar refractivity (Wildman–Crippen MR) is 30.5 cm³/mol. The van der Waals surface area contributed by atoms with Crippen LogP contribution in [0.5, 0.6) is 0 Å². The average Bonchev–Trinajstić information content (AvgIpc) is 0.811. The van der Waals surface area contributed by atoms with Crippen LogP contribution in [0.2, 0.25) is 0 Å². The topological polar surface area (TPSA) is 158 Å². The Morgan fingerprint density at radius 3 is 1.00 bits per heavy atom. The van der Waals surface area contributed by atoms with E-state index in [0.29, 0.717) is 0 Å². The molecule has 0 saturated heterocycles. The van der Waals surface area contributed by atoms with Crippen LogP contribution < -0.4 is 10.2 Å². The molecule has 0 saturated carbocycles. The van der Waals surface area contributed by atoms with Crippen LogP contribution in [0, 0.1) is 0 Å². The van der Waals surface area contributed by atoms with E-state index in [1.165, 1.54) is 0 Å². The van der Waals surface area contributed by atoms with E-state index in [1.807, 2.05) is 0 Å². The maximum absolute atomic E-state index is 8.33. The maximum Gasteiger partial charge on any atom is 2.00 e. The van der Waals surface area contributed by atoms with Crippen molar-refractivity contribution in [3.63, 3.8) is 0 Å². The average molecular weight is 165 g/mol. The standard InChI is InChI=1S/CH2O3.2Mg.3H2O.2H/c2-1(3)4;;;;;;;/h(H2,2,3,4);;;3*1H2;;/q;;+2;;;;;/p-2. The SMILES string of the molecule is O.O.O.O=C([O-])[O-].[Mg+2].[MgH2]. The van der Waals surface area contributed by atoms with Crippen molar-refractivity contribution in [1.29, 1.82) is 0 Å². The van der Waals surface area contributed by atoms with E-state index >= 15 is 0 Å². The second-order valence-electron chi connectivity index (χ2n) is 0.250. The van der Waals surface area contributed by atoms with Crippen LogP contribution >= 0.6 is 0 Å². The molecule has 9 heavy (non-hydrogen) atoms. The molecular formula is CH8Mg2O6. The summed E-state index contributed by atoms with van der Waals surface area (Å²) in [6.07, 6.45) is -2.33. The van der Waals surface area contributed by atoms with Gasteiger partial charge in [-0.25, -0.2) is 0 Å². The van der Waals surface area contributed by atoms with Crippen molar-refractivity contribution in [2.45, 2.75) is 0 Å². The first-order valence-electron chi connectivity index (χ1n) is 0.612. The zero-order valence-corrected chi connectivity index (χ0v) is 5.35. The van der Waals surface area contributed by atoms with Crippen LogP contribution in [0.25, 0.3) is 0 Å². The second kappa shape index (κ2) is 37.8. The molecule has 0 fully saturated rings. The van der Waals surface area contributed by atoms with E-state index in [-0.39, 0.29) is 62.5 Å². The molecule has 0 aliphatic heterocycles. The molecule has 6 N–H and O–H groups in total. The van der Waals surface area contributed by atoms with E-state index in [2.05, 4.69) is 0 Å². The van der Waals surface area contributed by atoms with Crippen molar-refractivity contribution in [2.24, 2.45) is 0 Å². The number of carbonyl (C=O) groups excluding carboxylic acids is 1. The van der Waals surface area contributed by atoms with Gasteiger partial charge in [0.2, 0.25) is 0 Å². The predicted octanol–water partition coefficient (Wildman–Crippen LogP) is -6.22. The van der Waals surface area contributed by atoms with E-state index in [9.17, 15) is 0 Å². The van der Waals surface area contributed by atoms with Crippen molar-refractivity contribution in [3.8, 4) is 0 Å². The minimum absolute atomic E-state index is 0. The van der Waals surface area contributed by atoms with Crippen LogP contribution in [0.15, 0.2) is 0 Å². The monoisotopic (exact) mass is 164 g/mol. The zero-order valence-electron chi connectivity index (χ0n) is 3.93. The van der Waals surface area contributed by atoms with Crippen LogP contribution in [-0.2, 0) is 0 Å². The summed E-state index contributed by atoms with van der Waals surface area (Å²) in [6, 6.07) is 0. The summed E-state index contributed by atoms with van der Waals surface area (Å²) in [4.78, 5) is 8.33. The molecule has 0 amide bonds. The molecule has 0 atom stereocenters. The van der Waals surface area contributed by atoms with Crippen molar-refractivity contribution in [2.75, 3.05) is 0 Å². The van der Waals surface area contributed by atoms with Gasteiger partial charge in [0.1, 0.15) is 0 Å². The van der Waals surface area contributed by atoms with Crippen molar-refractivity contribution < 1.29 is 31.4 Å². The van der Waals surface area contributed by atoms with Gasteiger partial charge in [-0.15, -0.1) is 0 Å². The van der Waals surface area contributed by atoms with E-state index in [0.717, 1.165) is 0 Å². The van der Waals surface area contributed by atoms with Crippen LogP contribution in [-0.4, -0.2) is 68.7 Å². The molecule has 0 rings (SSSR count). The van der Waals surface area contributed by atoms with Gasteiger partial charge in [-0.1, -0.05) is 0 Å². The molecule has 0 radical (unpaired) electrons. The van der Waals surface area contributed by atoms with Crippen molar-refractivity contribution in [3.05, 3.63) is 0 Å². The Kier molecular flexibility index (Phi) is 226. The molecule has 0 bridgehead atoms. The third-order valence-corrected chi connectivity index (χ3v) is 0. The smallest absolute Gasteiger partial charge is 0.652 e. The van der Waals surface area contributed by atoms with Crippen molar-refractivity contribution in [1.82, 2.24) is 0 Å². The molecule has 0 aliphatic carbocycles. The Hall–Kier alpha value is 0.682. The van der Waals surface area contributed by atoms with Gasteiger partial charge in [0.25, 0.3) is 0 Å². The first kappa shape index (κ1) is 53.8. The van der Waals surface area contributed by atoms with Crippen LogP contribution in [0.4, 0.5) is 4.79 Å². The van der Waals surface area contributed by atoms with Crippen molar-refractivity contribution >= 4 is 52.3 Å². The minimum atomic E-state index is -2.33. The molecule has 0 heterocycles. The molecule has 6 nitrogen and oxygen atoms in total. The normalized spacial score (nSPS) is 2.67. The first-order valence-corrected chi connectivity index (χ1v) is 0.612. The third kappa shape index (κ3) is 832. The molecule has 0 unspecified atom stereocenters. The molecule has 0 aromatic rings. The van der Waals surface area contributed by atoms with Gasteiger partial charge in [-0.2, -0.15) is 0 Å². The van der Waals surface area contributed by atoms with E-state index in [4.69, 9.17) is 15.0 Å². The largest absolute Gasteiger partial charge is 2.00 e. The van der Waals surface area contributed by atoms with Crippen LogP contribution in [0.3, 0.4) is 0 Å². The summed E-state index contributed by atoms with van der Waals surface area (Å²) >= 11 is 0. The molecule has 52 valence electrons. The van der Waals surface area contributed by atoms with Crippen LogP contribution in [0.1, 0.15) is 0 Å². The first-order chi connectivity index (χ1) is 1.73. The quantitative estimate of drug-likeness (QED) is 0.327. The summed E-state index contributed by atoms with van der Waals surface area (Å²) in [7, 11) is 0. The Balaban J connectivity index is -0.00000000450. The van der Waals surface area contributed by atoms with E-state index < -0.39 is 6.16 Å². The summed E-state index contributed by atoms with van der Waals surface area (Å²) in [6.45, 7) is 0. The molecule has 0 aliphatic rings. The number of hydrogen-bond acceptors (Lipinski definition) is 3. The molecule has 0 aromatic carbocycles. The molecular weight excluding hydrogens is 157 g/mol.